The molecule has 2 saturated heterocycles. The molecule has 6 nitrogen and oxygen atoms in total. The topological polar surface area (TPSA) is 58.6 Å². The van der Waals surface area contributed by atoms with Crippen LogP contribution in [0.2, 0.25) is 0 Å². The van der Waals surface area contributed by atoms with Crippen molar-refractivity contribution in [2.75, 3.05) is 44.3 Å². The molecule has 4 rings (SSSR count). The first kappa shape index (κ1) is 14.8. The van der Waals surface area contributed by atoms with E-state index in [0.29, 0.717) is 19.0 Å². The Labute approximate surface area is 139 Å². The monoisotopic (exact) mass is 332 g/mol. The van der Waals surface area contributed by atoms with Crippen molar-refractivity contribution in [3.05, 3.63) is 16.1 Å². The summed E-state index contributed by atoms with van der Waals surface area (Å²) in [6.07, 6.45) is 2.14. The van der Waals surface area contributed by atoms with Gasteiger partial charge in [0.1, 0.15) is 5.82 Å². The second-order valence-corrected chi connectivity index (χ2v) is 7.11. The van der Waals surface area contributed by atoms with E-state index in [4.69, 9.17) is 4.74 Å². The van der Waals surface area contributed by atoms with Crippen molar-refractivity contribution < 1.29 is 9.53 Å². The lowest BCUT2D eigenvalue weighted by atomic mass is 10.2. The summed E-state index contributed by atoms with van der Waals surface area (Å²) in [5.41, 5.74) is 0.881. The zero-order valence-electron chi connectivity index (χ0n) is 13.2. The van der Waals surface area contributed by atoms with Crippen LogP contribution in [0.5, 0.6) is 0 Å². The second kappa shape index (κ2) is 6.05. The number of rotatable bonds is 2. The Morgan fingerprint density at radius 2 is 1.91 bits per heavy atom. The Balaban J connectivity index is 1.78. The second-order valence-electron chi connectivity index (χ2n) is 6.02. The number of thiophene rings is 1. The van der Waals surface area contributed by atoms with Gasteiger partial charge in [-0.3, -0.25) is 4.79 Å². The molecule has 2 aliphatic heterocycles. The van der Waals surface area contributed by atoms with Crippen molar-refractivity contribution in [3.8, 4) is 0 Å². The first-order valence-electron chi connectivity index (χ1n) is 8.12. The fraction of sp³-hybridized carbons (Fsp3) is 0.562. The van der Waals surface area contributed by atoms with Crippen molar-refractivity contribution in [2.24, 2.45) is 0 Å². The third-order valence-corrected chi connectivity index (χ3v) is 5.41. The number of aromatic nitrogens is 2. The Morgan fingerprint density at radius 3 is 2.65 bits per heavy atom. The van der Waals surface area contributed by atoms with E-state index >= 15 is 0 Å². The number of fused-ring (bicyclic) bond motifs is 1. The van der Waals surface area contributed by atoms with Crippen LogP contribution in [0.15, 0.2) is 5.38 Å². The third kappa shape index (κ3) is 2.68. The predicted molar refractivity (Wildman–Crippen MR) is 90.3 cm³/mol. The smallest absolute Gasteiger partial charge is 0.291 e. The maximum absolute atomic E-state index is 12.7. The summed E-state index contributed by atoms with van der Waals surface area (Å²) >= 11 is 1.66. The molecule has 23 heavy (non-hydrogen) atoms. The van der Waals surface area contributed by atoms with E-state index in [1.54, 1.807) is 11.3 Å². The van der Waals surface area contributed by atoms with Crippen molar-refractivity contribution in [2.45, 2.75) is 19.8 Å². The zero-order valence-corrected chi connectivity index (χ0v) is 14.1. The van der Waals surface area contributed by atoms with Crippen molar-refractivity contribution in [3.63, 3.8) is 0 Å². The SMILES string of the molecule is Cc1scc2nc(C(=O)N3CCCC3)nc(N3CCOCC3)c12. The van der Waals surface area contributed by atoms with E-state index in [2.05, 4.69) is 21.8 Å². The van der Waals surface area contributed by atoms with Crippen LogP contribution in [0.3, 0.4) is 0 Å². The molecule has 2 fully saturated rings. The fourth-order valence-electron chi connectivity index (χ4n) is 3.25. The molecule has 0 bridgehead atoms. The Hall–Kier alpha value is -1.73. The van der Waals surface area contributed by atoms with E-state index in [0.717, 1.165) is 55.7 Å². The molecule has 2 aromatic heterocycles. The number of carbonyl (C=O) groups is 1. The van der Waals surface area contributed by atoms with Crippen LogP contribution in [-0.2, 0) is 4.74 Å². The van der Waals surface area contributed by atoms with E-state index in [-0.39, 0.29) is 5.91 Å². The van der Waals surface area contributed by atoms with Gasteiger partial charge in [-0.05, 0) is 19.8 Å². The molecular formula is C16H20N4O2S. The molecule has 0 unspecified atom stereocenters. The number of hydrogen-bond acceptors (Lipinski definition) is 6. The number of hydrogen-bond donors (Lipinski definition) is 0. The predicted octanol–water partition coefficient (Wildman–Crippen LogP) is 2.07. The first-order chi connectivity index (χ1) is 11.2. The van der Waals surface area contributed by atoms with Crippen molar-refractivity contribution >= 4 is 34.0 Å². The van der Waals surface area contributed by atoms with Gasteiger partial charge in [-0.1, -0.05) is 0 Å². The minimum atomic E-state index is -0.0391. The lowest BCUT2D eigenvalue weighted by Gasteiger charge is -2.29. The minimum Gasteiger partial charge on any atom is -0.378 e. The molecule has 0 N–H and O–H groups in total. The maximum atomic E-state index is 12.7. The summed E-state index contributed by atoms with van der Waals surface area (Å²) in [7, 11) is 0. The Kier molecular flexibility index (Phi) is 3.90. The first-order valence-corrected chi connectivity index (χ1v) is 9.00. The molecule has 0 radical (unpaired) electrons. The van der Waals surface area contributed by atoms with Crippen LogP contribution in [0.1, 0.15) is 28.3 Å². The van der Waals surface area contributed by atoms with Crippen molar-refractivity contribution in [1.29, 1.82) is 0 Å². The lowest BCUT2D eigenvalue weighted by Crippen LogP contribution is -2.37. The fourth-order valence-corrected chi connectivity index (χ4v) is 4.03. The lowest BCUT2D eigenvalue weighted by molar-refractivity contribution is 0.0781. The van der Waals surface area contributed by atoms with Crippen LogP contribution in [0, 0.1) is 6.92 Å². The van der Waals surface area contributed by atoms with E-state index in [1.807, 2.05) is 10.3 Å². The highest BCUT2D eigenvalue weighted by Crippen LogP contribution is 2.32. The summed E-state index contributed by atoms with van der Waals surface area (Å²) in [4.78, 5) is 27.2. The molecule has 0 saturated carbocycles. The number of carbonyl (C=O) groups excluding carboxylic acids is 1. The molecule has 4 heterocycles. The van der Waals surface area contributed by atoms with Crippen LogP contribution in [-0.4, -0.2) is 60.2 Å². The van der Waals surface area contributed by atoms with Crippen LogP contribution < -0.4 is 4.90 Å². The zero-order chi connectivity index (χ0) is 15.8. The maximum Gasteiger partial charge on any atom is 0.291 e. The highest BCUT2D eigenvalue weighted by Gasteiger charge is 2.26. The summed E-state index contributed by atoms with van der Waals surface area (Å²) < 4.78 is 5.45. The van der Waals surface area contributed by atoms with Gasteiger partial charge in [-0.25, -0.2) is 9.97 Å². The molecule has 0 spiro atoms. The molecule has 1 amide bonds. The van der Waals surface area contributed by atoms with Gasteiger partial charge in [0.2, 0.25) is 5.82 Å². The molecule has 0 atom stereocenters. The molecule has 7 heteroatoms. The standard InChI is InChI=1S/C16H20N4O2S/c1-11-13-12(10-23-11)17-14(16(21)20-4-2-3-5-20)18-15(13)19-6-8-22-9-7-19/h10H,2-9H2,1H3. The summed E-state index contributed by atoms with van der Waals surface area (Å²) in [6.45, 7) is 6.72. The summed E-state index contributed by atoms with van der Waals surface area (Å²) in [6, 6.07) is 0. The van der Waals surface area contributed by atoms with E-state index < -0.39 is 0 Å². The molecular weight excluding hydrogens is 312 g/mol. The number of anilines is 1. The van der Waals surface area contributed by atoms with E-state index in [1.165, 1.54) is 4.88 Å². The molecule has 122 valence electrons. The number of ether oxygens (including phenoxy) is 1. The van der Waals surface area contributed by atoms with Gasteiger partial charge in [-0.2, -0.15) is 0 Å². The third-order valence-electron chi connectivity index (χ3n) is 4.51. The molecule has 2 aliphatic rings. The van der Waals surface area contributed by atoms with E-state index in [9.17, 15) is 4.79 Å². The Morgan fingerprint density at radius 1 is 1.17 bits per heavy atom. The number of amides is 1. The molecule has 2 aromatic rings. The molecule has 0 aliphatic carbocycles. The van der Waals surface area contributed by atoms with Gasteiger partial charge >= 0.3 is 0 Å². The number of likely N-dealkylation sites (tertiary alicyclic amines) is 1. The van der Waals surface area contributed by atoms with Crippen LogP contribution in [0.25, 0.3) is 10.9 Å². The highest BCUT2D eigenvalue weighted by atomic mass is 32.1. The Bertz CT molecular complexity index is 733. The normalized spacial score (nSPS) is 18.8. The van der Waals surface area contributed by atoms with Crippen LogP contribution in [0.4, 0.5) is 5.82 Å². The van der Waals surface area contributed by atoms with Gasteiger partial charge in [-0.15, -0.1) is 11.3 Å². The van der Waals surface area contributed by atoms with Gasteiger partial charge in [0.25, 0.3) is 5.91 Å². The average Bonchev–Trinajstić information content (AvgIpc) is 3.25. The summed E-state index contributed by atoms with van der Waals surface area (Å²) in [5.74, 6) is 1.18. The van der Waals surface area contributed by atoms with Crippen molar-refractivity contribution in [1.82, 2.24) is 14.9 Å². The van der Waals surface area contributed by atoms with Gasteiger partial charge in [0, 0.05) is 36.4 Å². The number of aryl methyl sites for hydroxylation is 1. The highest BCUT2D eigenvalue weighted by molar-refractivity contribution is 7.11. The quantitative estimate of drug-likeness (QED) is 0.843. The van der Waals surface area contributed by atoms with Gasteiger partial charge < -0.3 is 14.5 Å². The molecule has 0 aromatic carbocycles. The largest absolute Gasteiger partial charge is 0.378 e. The summed E-state index contributed by atoms with van der Waals surface area (Å²) in [5, 5.41) is 3.10. The van der Waals surface area contributed by atoms with Gasteiger partial charge in [0.05, 0.1) is 24.1 Å². The number of nitrogens with zero attached hydrogens (tertiary/aromatic N) is 4. The van der Waals surface area contributed by atoms with Crippen LogP contribution >= 0.6 is 11.3 Å². The van der Waals surface area contributed by atoms with Gasteiger partial charge in [0.15, 0.2) is 0 Å². The minimum absolute atomic E-state index is 0.0391. The number of morpholine rings is 1. The average molecular weight is 332 g/mol.